The third-order valence-corrected chi connectivity index (χ3v) is 17.9. The van der Waals surface area contributed by atoms with Crippen LogP contribution >= 0.6 is 54.0 Å². The van der Waals surface area contributed by atoms with E-state index < -0.39 is 18.7 Å². The maximum absolute atomic E-state index is 13.4. The fourth-order valence-corrected chi connectivity index (χ4v) is 13.1. The van der Waals surface area contributed by atoms with Crippen molar-refractivity contribution in [3.8, 4) is 22.3 Å². The number of rotatable bonds is 17. The summed E-state index contributed by atoms with van der Waals surface area (Å²) in [6.45, 7) is 4.80. The number of nitrogens with zero attached hydrogens (tertiary/aromatic N) is 7. The van der Waals surface area contributed by atoms with E-state index in [1.165, 1.54) is 0 Å². The standard InChI is InChI=1S/C35H39Cl2N4O4P.C27H22Cl2N4O/c1-6-44-46(43,45-7-2)19-9-18-40(4)35(33-23-38-24-39(33)3,26-12-15-28(36)16-13-26)27-14-17-32-31(21-27)30(22-34(42)41(32)5)25-10-8-11-29(37)20-25;1-32-16-31-15-25(32)27(30,18-6-9-20(28)10-7-18)19-8-11-24-23(13-19)22(14-26(34)33(24)2)17-4-3-5-21(29)12-17/h8,10-17,20-24H,6-7,9,18-19H2,1-5H3;3-16H,30H2,1-2H3/t35-;27-/m11/s1. The molecule has 13 nitrogen and oxygen atoms in total. The number of benzene rings is 6. The molecule has 0 saturated carbocycles. The van der Waals surface area contributed by atoms with Gasteiger partial charge in [-0.05, 0) is 151 Å². The maximum Gasteiger partial charge on any atom is 0.330 e. The zero-order valence-electron chi connectivity index (χ0n) is 45.4. The number of fused-ring (bicyclic) bond motifs is 2. The Morgan fingerprint density at radius 1 is 0.562 bits per heavy atom. The predicted octanol–water partition coefficient (Wildman–Crippen LogP) is 13.6. The van der Waals surface area contributed by atoms with Crippen LogP contribution < -0.4 is 16.9 Å². The second kappa shape index (κ2) is 24.2. The molecule has 0 radical (unpaired) electrons. The molecule has 18 heteroatoms. The number of pyridine rings is 2. The van der Waals surface area contributed by atoms with Gasteiger partial charge in [0, 0.05) is 71.2 Å². The molecule has 4 heterocycles. The fraction of sp³-hybridized carbons (Fsp3) is 0.226. The molecule has 10 aromatic rings. The highest BCUT2D eigenvalue weighted by molar-refractivity contribution is 7.53. The zero-order chi connectivity index (χ0) is 57.1. The van der Waals surface area contributed by atoms with E-state index in [2.05, 4.69) is 34.0 Å². The van der Waals surface area contributed by atoms with E-state index in [4.69, 9.17) is 61.2 Å². The van der Waals surface area contributed by atoms with Crippen LogP contribution in [0.3, 0.4) is 0 Å². The smallest absolute Gasteiger partial charge is 0.330 e. The minimum absolute atomic E-state index is 0.0985. The van der Waals surface area contributed by atoms with Crippen LogP contribution in [-0.4, -0.2) is 66.1 Å². The molecule has 0 aliphatic rings. The maximum atomic E-state index is 13.4. The van der Waals surface area contributed by atoms with Gasteiger partial charge in [-0.15, -0.1) is 0 Å². The van der Waals surface area contributed by atoms with Gasteiger partial charge in [0.15, 0.2) is 0 Å². The average Bonchev–Trinajstić information content (AvgIpc) is 4.24. The molecule has 412 valence electrons. The number of aromatic nitrogens is 6. The molecule has 2 atom stereocenters. The summed E-state index contributed by atoms with van der Waals surface area (Å²) >= 11 is 25.3. The Hall–Kier alpha value is -6.61. The summed E-state index contributed by atoms with van der Waals surface area (Å²) in [5, 5.41) is 4.24. The number of halogens is 4. The first-order valence-corrected chi connectivity index (χ1v) is 29.2. The number of hydrogen-bond acceptors (Lipinski definition) is 9. The van der Waals surface area contributed by atoms with Crippen molar-refractivity contribution in [1.29, 1.82) is 0 Å². The molecule has 2 N–H and O–H groups in total. The number of aryl methyl sites for hydroxylation is 4. The number of nitrogens with two attached hydrogens (primary N) is 1. The van der Waals surface area contributed by atoms with Crippen LogP contribution in [-0.2, 0) is 52.9 Å². The van der Waals surface area contributed by atoms with Crippen molar-refractivity contribution in [2.24, 2.45) is 33.9 Å². The van der Waals surface area contributed by atoms with Gasteiger partial charge in [-0.1, -0.05) is 107 Å². The topological polar surface area (TPSA) is 144 Å². The molecular weight excluding hydrogens is 1110 g/mol. The van der Waals surface area contributed by atoms with Crippen LogP contribution in [0.2, 0.25) is 20.1 Å². The van der Waals surface area contributed by atoms with E-state index in [0.717, 1.165) is 77.7 Å². The van der Waals surface area contributed by atoms with E-state index in [1.54, 1.807) is 54.2 Å². The van der Waals surface area contributed by atoms with Gasteiger partial charge in [0.25, 0.3) is 11.1 Å². The van der Waals surface area contributed by atoms with Gasteiger partial charge in [0.05, 0.1) is 66.8 Å². The first kappa shape index (κ1) is 58.1. The van der Waals surface area contributed by atoms with E-state index in [1.807, 2.05) is 165 Å². The normalized spacial score (nSPS) is 13.3. The molecule has 0 bridgehead atoms. The minimum Gasteiger partial charge on any atom is -0.336 e. The lowest BCUT2D eigenvalue weighted by molar-refractivity contribution is 0.186. The van der Waals surface area contributed by atoms with Crippen LogP contribution in [0.4, 0.5) is 0 Å². The lowest BCUT2D eigenvalue weighted by Gasteiger charge is -2.43. The van der Waals surface area contributed by atoms with Gasteiger partial charge in [0.1, 0.15) is 11.1 Å². The fourth-order valence-electron chi connectivity index (χ4n) is 10.8. The number of imidazole rings is 2. The Balaban J connectivity index is 0.000000202. The third kappa shape index (κ3) is 11.4. The van der Waals surface area contributed by atoms with Gasteiger partial charge in [-0.3, -0.25) is 19.1 Å². The van der Waals surface area contributed by atoms with Gasteiger partial charge in [-0.2, -0.15) is 0 Å². The van der Waals surface area contributed by atoms with Crippen molar-refractivity contribution >= 4 is 75.8 Å². The van der Waals surface area contributed by atoms with E-state index in [9.17, 15) is 14.2 Å². The van der Waals surface area contributed by atoms with Crippen molar-refractivity contribution in [3.63, 3.8) is 0 Å². The summed E-state index contributed by atoms with van der Waals surface area (Å²) in [5.74, 6) is 0. The summed E-state index contributed by atoms with van der Waals surface area (Å²) < 4.78 is 31.8. The Morgan fingerprint density at radius 2 is 1.01 bits per heavy atom. The van der Waals surface area contributed by atoms with Crippen LogP contribution in [0.1, 0.15) is 53.9 Å². The highest BCUT2D eigenvalue weighted by atomic mass is 35.5. The quantitative estimate of drug-likeness (QED) is 0.0881. The van der Waals surface area contributed by atoms with Crippen molar-refractivity contribution in [2.75, 3.05) is 33.0 Å². The van der Waals surface area contributed by atoms with Crippen molar-refractivity contribution in [1.82, 2.24) is 33.1 Å². The second-order valence-corrected chi connectivity index (χ2v) is 23.6. The summed E-state index contributed by atoms with van der Waals surface area (Å²) in [6, 6.07) is 45.8. The molecule has 0 unspecified atom stereocenters. The largest absolute Gasteiger partial charge is 0.336 e. The Kier molecular flexibility index (Phi) is 17.6. The second-order valence-electron chi connectivity index (χ2n) is 19.7. The molecule has 4 aromatic heterocycles. The third-order valence-electron chi connectivity index (χ3n) is 14.8. The van der Waals surface area contributed by atoms with Gasteiger partial charge >= 0.3 is 7.60 Å². The Morgan fingerprint density at radius 3 is 1.48 bits per heavy atom. The Bertz CT molecular complexity index is 4040. The summed E-state index contributed by atoms with van der Waals surface area (Å²) in [7, 11) is 6.25. The molecule has 80 heavy (non-hydrogen) atoms. The highest BCUT2D eigenvalue weighted by Gasteiger charge is 2.43. The van der Waals surface area contributed by atoms with E-state index in [-0.39, 0.29) is 17.3 Å². The Labute approximate surface area is 485 Å². The van der Waals surface area contributed by atoms with Crippen LogP contribution in [0, 0.1) is 0 Å². The molecule has 0 amide bonds. The molecule has 0 aliphatic heterocycles. The summed E-state index contributed by atoms with van der Waals surface area (Å²) in [4.78, 5) is 37.0. The minimum atomic E-state index is -3.24. The predicted molar refractivity (Wildman–Crippen MR) is 326 cm³/mol. The summed E-state index contributed by atoms with van der Waals surface area (Å²) in [6.07, 6.45) is 8.00. The lowest BCUT2D eigenvalue weighted by Crippen LogP contribution is -2.47. The molecule has 6 aromatic carbocycles. The molecule has 0 saturated heterocycles. The number of hydrogen-bond donors (Lipinski definition) is 1. The lowest BCUT2D eigenvalue weighted by atomic mass is 9.77. The highest BCUT2D eigenvalue weighted by Crippen LogP contribution is 2.50. The first-order valence-electron chi connectivity index (χ1n) is 26.0. The monoisotopic (exact) mass is 1170 g/mol. The zero-order valence-corrected chi connectivity index (χ0v) is 49.3. The molecule has 0 spiro atoms. The van der Waals surface area contributed by atoms with Gasteiger partial charge < -0.3 is 33.0 Å². The van der Waals surface area contributed by atoms with Gasteiger partial charge in [0.2, 0.25) is 0 Å². The van der Waals surface area contributed by atoms with Crippen LogP contribution in [0.25, 0.3) is 44.1 Å². The van der Waals surface area contributed by atoms with Gasteiger partial charge in [-0.25, -0.2) is 9.97 Å². The van der Waals surface area contributed by atoms with Crippen LogP contribution in [0.15, 0.2) is 180 Å². The molecular formula is C62H61Cl4N8O5P. The summed E-state index contributed by atoms with van der Waals surface area (Å²) in [5.41, 5.74) is 15.4. The first-order chi connectivity index (χ1) is 38.3. The molecule has 0 fully saturated rings. The van der Waals surface area contributed by atoms with E-state index in [0.29, 0.717) is 46.3 Å². The molecule has 0 aliphatic carbocycles. The van der Waals surface area contributed by atoms with Crippen LogP contribution in [0.5, 0.6) is 0 Å². The van der Waals surface area contributed by atoms with Crippen molar-refractivity contribution in [3.05, 3.63) is 245 Å². The average molecular weight is 1170 g/mol. The molecule has 10 rings (SSSR count). The van der Waals surface area contributed by atoms with E-state index >= 15 is 0 Å². The SMILES string of the molecule is CCOP(=O)(CCCN(C)[C@](c1ccc(Cl)cc1)(c1ccc2c(c1)c(-c1cccc(Cl)c1)cc(=O)n2C)c1cncn1C)OCC.Cn1cncc1[C@@](N)(c1ccc(Cl)cc1)c1ccc2c(c1)c(-c1cccc(Cl)c1)cc(=O)n2C. The van der Waals surface area contributed by atoms with Crippen molar-refractivity contribution in [2.45, 2.75) is 31.3 Å². The van der Waals surface area contributed by atoms with Crippen molar-refractivity contribution < 1.29 is 13.6 Å².